The lowest BCUT2D eigenvalue weighted by Crippen LogP contribution is -2.12. The van der Waals surface area contributed by atoms with Crippen LogP contribution in [0.15, 0.2) is 72.8 Å². The molecule has 0 spiro atoms. The molecule has 0 fully saturated rings. The Balaban J connectivity index is 1.59. The van der Waals surface area contributed by atoms with Crippen LogP contribution in [-0.4, -0.2) is 5.91 Å². The minimum absolute atomic E-state index is 0.132. The van der Waals surface area contributed by atoms with Crippen molar-refractivity contribution >= 4 is 23.2 Å². The van der Waals surface area contributed by atoms with Gasteiger partial charge in [0.1, 0.15) is 12.4 Å². The number of anilines is 1. The number of benzene rings is 3. The number of hydrogen-bond donors (Lipinski definition) is 1. The molecule has 144 valence electrons. The molecule has 28 heavy (non-hydrogen) atoms. The number of alkyl halides is 3. The summed E-state index contributed by atoms with van der Waals surface area (Å²) >= 11 is 6.08. The van der Waals surface area contributed by atoms with E-state index in [0.29, 0.717) is 23.1 Å². The van der Waals surface area contributed by atoms with Crippen LogP contribution in [-0.2, 0) is 12.8 Å². The van der Waals surface area contributed by atoms with Crippen molar-refractivity contribution in [3.63, 3.8) is 0 Å². The van der Waals surface area contributed by atoms with E-state index >= 15 is 0 Å². The predicted molar refractivity (Wildman–Crippen MR) is 102 cm³/mol. The largest absolute Gasteiger partial charge is 0.489 e. The lowest BCUT2D eigenvalue weighted by molar-refractivity contribution is -0.137. The molecule has 0 heterocycles. The molecule has 1 amide bonds. The Morgan fingerprint density at radius 3 is 2.18 bits per heavy atom. The summed E-state index contributed by atoms with van der Waals surface area (Å²) in [6.07, 6.45) is -4.44. The summed E-state index contributed by atoms with van der Waals surface area (Å²) in [4.78, 5) is 12.2. The molecule has 3 rings (SSSR count). The lowest BCUT2D eigenvalue weighted by atomic mass is 10.1. The summed E-state index contributed by atoms with van der Waals surface area (Å²) in [7, 11) is 0. The fraction of sp³-hybridized carbons (Fsp3) is 0.0952. The molecular formula is C21H15ClF3NO2. The lowest BCUT2D eigenvalue weighted by Gasteiger charge is -2.10. The topological polar surface area (TPSA) is 38.3 Å². The highest BCUT2D eigenvalue weighted by Gasteiger charge is 2.30. The fourth-order valence-electron chi connectivity index (χ4n) is 2.42. The maximum absolute atomic E-state index is 12.6. The Kier molecular flexibility index (Phi) is 5.90. The van der Waals surface area contributed by atoms with Gasteiger partial charge in [0.05, 0.1) is 5.56 Å². The molecule has 0 bridgehead atoms. The highest BCUT2D eigenvalue weighted by atomic mass is 35.5. The van der Waals surface area contributed by atoms with Gasteiger partial charge in [-0.05, 0) is 54.6 Å². The molecule has 3 aromatic rings. The Labute approximate surface area is 164 Å². The maximum Gasteiger partial charge on any atom is 0.416 e. The molecular weight excluding hydrogens is 391 g/mol. The van der Waals surface area contributed by atoms with Gasteiger partial charge in [-0.1, -0.05) is 29.8 Å². The molecule has 7 heteroatoms. The van der Waals surface area contributed by atoms with Crippen LogP contribution >= 0.6 is 11.6 Å². The Hall–Kier alpha value is -2.99. The summed E-state index contributed by atoms with van der Waals surface area (Å²) in [6, 6.07) is 18.0. The third kappa shape index (κ3) is 5.04. The SMILES string of the molecule is O=C(Nc1ccc(OCc2ccccc2Cl)cc1)c1ccc(C(F)(F)F)cc1. The molecule has 3 nitrogen and oxygen atoms in total. The molecule has 0 atom stereocenters. The molecule has 0 aliphatic heterocycles. The van der Waals surface area contributed by atoms with Gasteiger partial charge in [-0.2, -0.15) is 13.2 Å². The second-order valence-corrected chi connectivity index (χ2v) is 6.34. The second kappa shape index (κ2) is 8.35. The molecule has 1 N–H and O–H groups in total. The van der Waals surface area contributed by atoms with Crippen molar-refractivity contribution in [2.75, 3.05) is 5.32 Å². The van der Waals surface area contributed by atoms with E-state index < -0.39 is 17.6 Å². The number of carbonyl (C=O) groups excluding carboxylic acids is 1. The zero-order valence-electron chi connectivity index (χ0n) is 14.5. The van der Waals surface area contributed by atoms with Crippen molar-refractivity contribution in [3.8, 4) is 5.75 Å². The number of amides is 1. The minimum Gasteiger partial charge on any atom is -0.489 e. The van der Waals surface area contributed by atoms with E-state index in [0.717, 1.165) is 29.8 Å². The number of ether oxygens (including phenoxy) is 1. The zero-order chi connectivity index (χ0) is 20.1. The van der Waals surface area contributed by atoms with Gasteiger partial charge in [-0.3, -0.25) is 4.79 Å². The van der Waals surface area contributed by atoms with Gasteiger partial charge in [0.15, 0.2) is 0 Å². The quantitative estimate of drug-likeness (QED) is 0.549. The van der Waals surface area contributed by atoms with Crippen molar-refractivity contribution in [2.45, 2.75) is 12.8 Å². The van der Waals surface area contributed by atoms with Gasteiger partial charge >= 0.3 is 6.18 Å². The van der Waals surface area contributed by atoms with Crippen LogP contribution < -0.4 is 10.1 Å². The van der Waals surface area contributed by atoms with Crippen LogP contribution in [0, 0.1) is 0 Å². The van der Waals surface area contributed by atoms with Crippen LogP contribution in [0.2, 0.25) is 5.02 Å². The predicted octanol–water partition coefficient (Wildman–Crippen LogP) is 6.19. The Bertz CT molecular complexity index is 955. The molecule has 0 aromatic heterocycles. The van der Waals surface area contributed by atoms with Crippen molar-refractivity contribution in [2.24, 2.45) is 0 Å². The van der Waals surface area contributed by atoms with Gasteiger partial charge in [0.25, 0.3) is 5.91 Å². The molecule has 0 radical (unpaired) electrons. The molecule has 0 aliphatic rings. The average Bonchev–Trinajstić information content (AvgIpc) is 2.68. The summed E-state index contributed by atoms with van der Waals surface area (Å²) in [5.41, 5.74) is 0.676. The molecule has 0 unspecified atom stereocenters. The van der Waals surface area contributed by atoms with Crippen LogP contribution in [0.1, 0.15) is 21.5 Å². The fourth-order valence-corrected chi connectivity index (χ4v) is 2.62. The Morgan fingerprint density at radius 2 is 1.57 bits per heavy atom. The van der Waals surface area contributed by atoms with E-state index in [1.165, 1.54) is 0 Å². The highest BCUT2D eigenvalue weighted by molar-refractivity contribution is 6.31. The molecule has 0 saturated carbocycles. The third-order valence-corrected chi connectivity index (χ3v) is 4.31. The smallest absolute Gasteiger partial charge is 0.416 e. The summed E-state index contributed by atoms with van der Waals surface area (Å²) in [6.45, 7) is 0.303. The third-order valence-electron chi connectivity index (χ3n) is 3.94. The van der Waals surface area contributed by atoms with Crippen molar-refractivity contribution < 1.29 is 22.7 Å². The monoisotopic (exact) mass is 405 g/mol. The zero-order valence-corrected chi connectivity index (χ0v) is 15.2. The van der Waals surface area contributed by atoms with E-state index in [2.05, 4.69) is 5.32 Å². The second-order valence-electron chi connectivity index (χ2n) is 5.93. The van der Waals surface area contributed by atoms with E-state index in [4.69, 9.17) is 16.3 Å². The Morgan fingerprint density at radius 1 is 0.929 bits per heavy atom. The maximum atomic E-state index is 12.6. The van der Waals surface area contributed by atoms with Crippen molar-refractivity contribution in [3.05, 3.63) is 94.5 Å². The first-order valence-corrected chi connectivity index (χ1v) is 8.65. The number of rotatable bonds is 5. The minimum atomic E-state index is -4.44. The van der Waals surface area contributed by atoms with Gasteiger partial charge in [-0.15, -0.1) is 0 Å². The number of carbonyl (C=O) groups is 1. The van der Waals surface area contributed by atoms with Gasteiger partial charge in [0.2, 0.25) is 0 Å². The van der Waals surface area contributed by atoms with E-state index in [-0.39, 0.29) is 5.56 Å². The standard InChI is InChI=1S/C21H15ClF3NO2/c22-19-4-2-1-3-15(19)13-28-18-11-9-17(10-12-18)26-20(27)14-5-7-16(8-6-14)21(23,24)25/h1-12H,13H2,(H,26,27). The average molecular weight is 406 g/mol. The molecule has 0 saturated heterocycles. The van der Waals surface area contributed by atoms with Crippen LogP contribution in [0.4, 0.5) is 18.9 Å². The van der Waals surface area contributed by atoms with Crippen molar-refractivity contribution in [1.82, 2.24) is 0 Å². The van der Waals surface area contributed by atoms with E-state index in [9.17, 15) is 18.0 Å². The summed E-state index contributed by atoms with van der Waals surface area (Å²) in [5.74, 6) is 0.0888. The normalized spacial score (nSPS) is 11.1. The van der Waals surface area contributed by atoms with Crippen LogP contribution in [0.25, 0.3) is 0 Å². The number of nitrogens with one attached hydrogen (secondary N) is 1. The van der Waals surface area contributed by atoms with Crippen LogP contribution in [0.3, 0.4) is 0 Å². The highest BCUT2D eigenvalue weighted by Crippen LogP contribution is 2.29. The molecule has 0 aliphatic carbocycles. The van der Waals surface area contributed by atoms with Crippen LogP contribution in [0.5, 0.6) is 5.75 Å². The van der Waals surface area contributed by atoms with Gasteiger partial charge < -0.3 is 10.1 Å². The first kappa shape index (κ1) is 19.8. The van der Waals surface area contributed by atoms with Gasteiger partial charge in [0, 0.05) is 21.8 Å². The first-order chi connectivity index (χ1) is 13.3. The van der Waals surface area contributed by atoms with E-state index in [1.54, 1.807) is 30.3 Å². The summed E-state index contributed by atoms with van der Waals surface area (Å²) < 4.78 is 43.4. The number of hydrogen-bond acceptors (Lipinski definition) is 2. The molecule has 3 aromatic carbocycles. The first-order valence-electron chi connectivity index (χ1n) is 8.28. The van der Waals surface area contributed by atoms with E-state index in [1.807, 2.05) is 18.2 Å². The van der Waals surface area contributed by atoms with Crippen molar-refractivity contribution in [1.29, 1.82) is 0 Å². The summed E-state index contributed by atoms with van der Waals surface area (Å²) in [5, 5.41) is 3.24. The number of halogens is 4. The van der Waals surface area contributed by atoms with Gasteiger partial charge in [-0.25, -0.2) is 0 Å².